The number of amides is 1. The van der Waals surface area contributed by atoms with E-state index < -0.39 is 0 Å². The molecule has 0 saturated carbocycles. The van der Waals surface area contributed by atoms with Crippen LogP contribution in [0.4, 0.5) is 0 Å². The van der Waals surface area contributed by atoms with E-state index >= 15 is 0 Å². The Hall–Kier alpha value is -0.570. The Morgan fingerprint density at radius 3 is 1.82 bits per heavy atom. The Labute approximate surface area is 107 Å². The fraction of sp³-hybridized carbons (Fsp3) is 0.929. The molecule has 1 amide bonds. The maximum atomic E-state index is 12.1. The second-order valence-electron chi connectivity index (χ2n) is 6.87. The van der Waals surface area contributed by atoms with E-state index in [1.807, 2.05) is 27.7 Å². The zero-order chi connectivity index (χ0) is 13.9. The number of carbonyl (C=O) groups excluding carboxylic acids is 1. The molecule has 0 aromatic heterocycles. The lowest BCUT2D eigenvalue weighted by atomic mass is 9.79. The van der Waals surface area contributed by atoms with Gasteiger partial charge in [0.25, 0.3) is 0 Å². The lowest BCUT2D eigenvalue weighted by Gasteiger charge is -2.36. The van der Waals surface area contributed by atoms with Gasteiger partial charge in [0.15, 0.2) is 0 Å². The summed E-state index contributed by atoms with van der Waals surface area (Å²) in [6.07, 6.45) is 0.816. The van der Waals surface area contributed by atoms with Gasteiger partial charge in [0.1, 0.15) is 0 Å². The summed E-state index contributed by atoms with van der Waals surface area (Å²) >= 11 is 0. The molecule has 2 N–H and O–H groups in total. The van der Waals surface area contributed by atoms with Crippen LogP contribution in [0.1, 0.15) is 61.8 Å². The third-order valence-electron chi connectivity index (χ3n) is 2.60. The third kappa shape index (κ3) is 6.67. The zero-order valence-corrected chi connectivity index (χ0v) is 12.8. The molecular weight excluding hydrogens is 212 g/mol. The van der Waals surface area contributed by atoms with Crippen molar-refractivity contribution in [3.63, 3.8) is 0 Å². The van der Waals surface area contributed by atoms with Gasteiger partial charge in [0.05, 0.1) is 0 Å². The molecule has 0 rings (SSSR count). The summed E-state index contributed by atoms with van der Waals surface area (Å²) in [5.74, 6) is 0.131. The highest BCUT2D eigenvalue weighted by atomic mass is 16.2. The maximum absolute atomic E-state index is 12.1. The van der Waals surface area contributed by atoms with Gasteiger partial charge in [-0.15, -0.1) is 0 Å². The van der Waals surface area contributed by atoms with Crippen molar-refractivity contribution in [2.75, 3.05) is 0 Å². The molecule has 0 aliphatic carbocycles. The van der Waals surface area contributed by atoms with Crippen molar-refractivity contribution >= 4 is 5.91 Å². The summed E-state index contributed by atoms with van der Waals surface area (Å²) in [7, 11) is 0. The minimum Gasteiger partial charge on any atom is -0.353 e. The molecule has 0 unspecified atom stereocenters. The van der Waals surface area contributed by atoms with Crippen LogP contribution in [0.25, 0.3) is 0 Å². The summed E-state index contributed by atoms with van der Waals surface area (Å²) in [4.78, 5) is 12.1. The maximum Gasteiger partial charge on any atom is 0.225 e. The van der Waals surface area contributed by atoms with Crippen molar-refractivity contribution in [3.05, 3.63) is 0 Å². The molecule has 0 bridgehead atoms. The van der Waals surface area contributed by atoms with Crippen LogP contribution >= 0.6 is 0 Å². The van der Waals surface area contributed by atoms with Crippen LogP contribution in [0.15, 0.2) is 0 Å². The number of carbonyl (C=O) groups is 1. The van der Waals surface area contributed by atoms with Crippen LogP contribution in [0.2, 0.25) is 0 Å². The average molecular weight is 242 g/mol. The molecule has 0 fully saturated rings. The second-order valence-corrected chi connectivity index (χ2v) is 6.87. The summed E-state index contributed by atoms with van der Waals surface area (Å²) < 4.78 is 0. The third-order valence-corrected chi connectivity index (χ3v) is 2.60. The van der Waals surface area contributed by atoms with E-state index in [0.29, 0.717) is 6.04 Å². The Kier molecular flexibility index (Phi) is 5.66. The van der Waals surface area contributed by atoms with Gasteiger partial charge in [0.2, 0.25) is 5.91 Å². The van der Waals surface area contributed by atoms with Crippen molar-refractivity contribution in [2.45, 2.75) is 79.4 Å². The second kappa shape index (κ2) is 5.85. The van der Waals surface area contributed by atoms with E-state index in [2.05, 4.69) is 38.3 Å². The summed E-state index contributed by atoms with van der Waals surface area (Å²) in [5.41, 5.74) is -0.387. The molecule has 0 heterocycles. The molecule has 0 aliphatic heterocycles. The first-order chi connectivity index (χ1) is 7.46. The molecule has 3 nitrogen and oxygen atoms in total. The minimum absolute atomic E-state index is 0.0357. The topological polar surface area (TPSA) is 41.1 Å². The molecule has 0 atom stereocenters. The Bertz CT molecular complexity index is 255. The Morgan fingerprint density at radius 1 is 1.00 bits per heavy atom. The van der Waals surface area contributed by atoms with E-state index in [1.54, 1.807) is 0 Å². The normalized spacial score (nSPS) is 13.3. The first-order valence-electron chi connectivity index (χ1n) is 6.55. The van der Waals surface area contributed by atoms with Crippen LogP contribution in [0.5, 0.6) is 0 Å². The van der Waals surface area contributed by atoms with Gasteiger partial charge in [-0.2, -0.15) is 0 Å². The molecule has 0 spiro atoms. The first-order valence-corrected chi connectivity index (χ1v) is 6.55. The van der Waals surface area contributed by atoms with E-state index in [1.165, 1.54) is 0 Å². The van der Waals surface area contributed by atoms with Crippen LogP contribution < -0.4 is 10.6 Å². The Morgan fingerprint density at radius 2 is 1.47 bits per heavy atom. The van der Waals surface area contributed by atoms with Gasteiger partial charge in [0, 0.05) is 23.0 Å². The van der Waals surface area contributed by atoms with Gasteiger partial charge in [-0.3, -0.25) is 4.79 Å². The highest BCUT2D eigenvalue weighted by Gasteiger charge is 2.34. The van der Waals surface area contributed by atoms with Crippen molar-refractivity contribution in [1.82, 2.24) is 10.6 Å². The predicted molar refractivity (Wildman–Crippen MR) is 74.0 cm³/mol. The van der Waals surface area contributed by atoms with Crippen molar-refractivity contribution in [2.24, 2.45) is 5.41 Å². The van der Waals surface area contributed by atoms with E-state index in [4.69, 9.17) is 0 Å². The number of nitrogens with one attached hydrogen (secondary N) is 2. The average Bonchev–Trinajstić information content (AvgIpc) is 1.96. The van der Waals surface area contributed by atoms with E-state index in [-0.39, 0.29) is 22.9 Å². The van der Waals surface area contributed by atoms with Crippen LogP contribution in [0.3, 0.4) is 0 Å². The summed E-state index contributed by atoms with van der Waals surface area (Å²) in [6.45, 7) is 16.6. The standard InChI is InChI=1S/C14H30N2O/c1-10(2)15-12(17)13(5,6)9-14(7,8)16-11(3)4/h10-11,16H,9H2,1-8H3,(H,15,17). The fourth-order valence-corrected chi connectivity index (χ4v) is 2.48. The van der Waals surface area contributed by atoms with Gasteiger partial charge in [-0.05, 0) is 34.1 Å². The highest BCUT2D eigenvalue weighted by molar-refractivity contribution is 5.82. The molecule has 0 radical (unpaired) electrons. The van der Waals surface area contributed by atoms with Crippen LogP contribution in [-0.4, -0.2) is 23.5 Å². The molecule has 0 saturated heterocycles. The van der Waals surface area contributed by atoms with E-state index in [0.717, 1.165) is 6.42 Å². The smallest absolute Gasteiger partial charge is 0.225 e. The number of rotatable bonds is 6. The van der Waals surface area contributed by atoms with Crippen LogP contribution in [0, 0.1) is 5.41 Å². The molecule has 102 valence electrons. The van der Waals surface area contributed by atoms with Crippen LogP contribution in [-0.2, 0) is 4.79 Å². The predicted octanol–water partition coefficient (Wildman–Crippen LogP) is 2.70. The monoisotopic (exact) mass is 242 g/mol. The van der Waals surface area contributed by atoms with Gasteiger partial charge >= 0.3 is 0 Å². The van der Waals surface area contributed by atoms with Gasteiger partial charge < -0.3 is 10.6 Å². The number of hydrogen-bond donors (Lipinski definition) is 2. The fourth-order valence-electron chi connectivity index (χ4n) is 2.48. The minimum atomic E-state index is -0.352. The molecule has 17 heavy (non-hydrogen) atoms. The summed E-state index contributed by atoms with van der Waals surface area (Å²) in [6, 6.07) is 0.622. The van der Waals surface area contributed by atoms with Gasteiger partial charge in [-0.1, -0.05) is 27.7 Å². The molecular formula is C14H30N2O. The SMILES string of the molecule is CC(C)NC(=O)C(C)(C)CC(C)(C)NC(C)C. The molecule has 3 heteroatoms. The lowest BCUT2D eigenvalue weighted by molar-refractivity contribution is -0.131. The Balaban J connectivity index is 4.57. The van der Waals surface area contributed by atoms with Crippen molar-refractivity contribution in [1.29, 1.82) is 0 Å². The molecule has 0 aromatic carbocycles. The first kappa shape index (κ1) is 16.4. The highest BCUT2D eigenvalue weighted by Crippen LogP contribution is 2.28. The van der Waals surface area contributed by atoms with E-state index in [9.17, 15) is 4.79 Å². The summed E-state index contributed by atoms with van der Waals surface area (Å²) in [5, 5.41) is 6.50. The zero-order valence-electron chi connectivity index (χ0n) is 12.8. The van der Waals surface area contributed by atoms with Crippen molar-refractivity contribution in [3.8, 4) is 0 Å². The van der Waals surface area contributed by atoms with Gasteiger partial charge in [-0.25, -0.2) is 0 Å². The van der Waals surface area contributed by atoms with Crippen molar-refractivity contribution < 1.29 is 4.79 Å². The lowest BCUT2D eigenvalue weighted by Crippen LogP contribution is -2.50. The molecule has 0 aliphatic rings. The molecule has 0 aromatic rings. The largest absolute Gasteiger partial charge is 0.353 e. The quantitative estimate of drug-likeness (QED) is 0.752. The number of hydrogen-bond acceptors (Lipinski definition) is 2.